The van der Waals surface area contributed by atoms with Gasteiger partial charge in [-0.05, 0) is 38.5 Å². The summed E-state index contributed by atoms with van der Waals surface area (Å²) < 4.78 is 0. The van der Waals surface area contributed by atoms with E-state index in [1.807, 2.05) is 0 Å². The summed E-state index contributed by atoms with van der Waals surface area (Å²) in [6.45, 7) is 0. The summed E-state index contributed by atoms with van der Waals surface area (Å²) in [4.78, 5) is 8.33. The average Bonchev–Trinajstić information content (AvgIpc) is 2.51. The Labute approximate surface area is 116 Å². The average molecular weight is 268 g/mol. The van der Waals surface area contributed by atoms with Crippen LogP contribution >= 0.6 is 0 Å². The van der Waals surface area contributed by atoms with E-state index in [1.54, 1.807) is 12.4 Å². The largest absolute Gasteiger partial charge is 0.505 e. The normalized spacial score (nSPS) is 18.0. The van der Waals surface area contributed by atoms with Crippen LogP contribution in [-0.2, 0) is 12.8 Å². The Balaban J connectivity index is 1.97. The van der Waals surface area contributed by atoms with Gasteiger partial charge in [0.2, 0.25) is 0 Å². The van der Waals surface area contributed by atoms with Crippen molar-refractivity contribution in [1.82, 2.24) is 9.97 Å². The van der Waals surface area contributed by atoms with E-state index < -0.39 is 0 Å². The lowest BCUT2D eigenvalue weighted by Gasteiger charge is -2.28. The maximum absolute atomic E-state index is 10.5. The highest BCUT2D eigenvalue weighted by Crippen LogP contribution is 2.45. The number of allylic oxidation sites excluding steroid dienone is 2. The molecule has 0 spiro atoms. The van der Waals surface area contributed by atoms with Gasteiger partial charge in [-0.3, -0.25) is 0 Å². The second-order valence-electron chi connectivity index (χ2n) is 5.68. The van der Waals surface area contributed by atoms with Crippen LogP contribution in [0.3, 0.4) is 0 Å². The molecule has 2 aliphatic rings. The van der Waals surface area contributed by atoms with Crippen LogP contribution in [-0.4, -0.2) is 20.2 Å². The molecule has 1 heterocycles. The van der Waals surface area contributed by atoms with Crippen LogP contribution in [0.25, 0.3) is 11.0 Å². The van der Waals surface area contributed by atoms with Crippen LogP contribution in [0.2, 0.25) is 0 Å². The van der Waals surface area contributed by atoms with Crippen molar-refractivity contribution in [3.8, 4) is 11.5 Å². The van der Waals surface area contributed by atoms with Crippen molar-refractivity contribution >= 4 is 11.0 Å². The predicted molar refractivity (Wildman–Crippen MR) is 75.8 cm³/mol. The number of aromatic nitrogens is 2. The minimum Gasteiger partial charge on any atom is -0.505 e. The zero-order valence-corrected chi connectivity index (χ0v) is 11.2. The molecular formula is C16H16N2O2. The molecule has 1 aromatic heterocycles. The third-order valence-corrected chi connectivity index (χ3v) is 4.57. The summed E-state index contributed by atoms with van der Waals surface area (Å²) in [5.41, 5.74) is 5.39. The molecule has 0 saturated carbocycles. The first kappa shape index (κ1) is 11.7. The fourth-order valence-electron chi connectivity index (χ4n) is 3.52. The smallest absolute Gasteiger partial charge is 0.147 e. The van der Waals surface area contributed by atoms with Gasteiger partial charge >= 0.3 is 0 Å². The third-order valence-electron chi connectivity index (χ3n) is 4.57. The van der Waals surface area contributed by atoms with Gasteiger partial charge in [-0.2, -0.15) is 0 Å². The first-order valence-electron chi connectivity index (χ1n) is 7.12. The minimum absolute atomic E-state index is 0.193. The molecule has 4 nitrogen and oxygen atoms in total. The number of hydrogen-bond donors (Lipinski definition) is 2. The van der Waals surface area contributed by atoms with Crippen molar-refractivity contribution < 1.29 is 10.2 Å². The molecule has 0 radical (unpaired) electrons. The fourth-order valence-corrected chi connectivity index (χ4v) is 3.52. The van der Waals surface area contributed by atoms with E-state index in [4.69, 9.17) is 0 Å². The van der Waals surface area contributed by atoms with Gasteiger partial charge in [0.15, 0.2) is 0 Å². The Kier molecular flexibility index (Phi) is 2.46. The molecule has 0 saturated heterocycles. The molecule has 20 heavy (non-hydrogen) atoms. The Morgan fingerprint density at radius 3 is 1.65 bits per heavy atom. The van der Waals surface area contributed by atoms with Crippen molar-refractivity contribution in [1.29, 1.82) is 0 Å². The Bertz CT molecular complexity index is 687. The van der Waals surface area contributed by atoms with E-state index in [-0.39, 0.29) is 11.5 Å². The maximum Gasteiger partial charge on any atom is 0.147 e. The van der Waals surface area contributed by atoms with Gasteiger partial charge < -0.3 is 10.2 Å². The summed E-state index contributed by atoms with van der Waals surface area (Å²) in [5.74, 6) is 0.385. The number of rotatable bonds is 0. The molecule has 2 aliphatic carbocycles. The highest BCUT2D eigenvalue weighted by molar-refractivity contribution is 5.89. The van der Waals surface area contributed by atoms with Crippen LogP contribution in [0.15, 0.2) is 23.5 Å². The van der Waals surface area contributed by atoms with E-state index in [1.165, 1.54) is 24.0 Å². The van der Waals surface area contributed by atoms with Crippen molar-refractivity contribution in [2.45, 2.75) is 38.5 Å². The Morgan fingerprint density at radius 1 is 0.750 bits per heavy atom. The SMILES string of the molecule is Oc1c2c(c(O)c3nccnc13)CC1=C(CCCC1)C2. The van der Waals surface area contributed by atoms with Gasteiger partial charge in [-0.1, -0.05) is 11.1 Å². The van der Waals surface area contributed by atoms with E-state index in [9.17, 15) is 10.2 Å². The highest BCUT2D eigenvalue weighted by atomic mass is 16.3. The zero-order valence-electron chi connectivity index (χ0n) is 11.2. The first-order valence-corrected chi connectivity index (χ1v) is 7.12. The summed E-state index contributed by atoms with van der Waals surface area (Å²) in [6, 6.07) is 0. The lowest BCUT2D eigenvalue weighted by atomic mass is 9.78. The highest BCUT2D eigenvalue weighted by Gasteiger charge is 2.27. The molecule has 4 heteroatoms. The van der Waals surface area contributed by atoms with Crippen molar-refractivity contribution in [3.05, 3.63) is 34.7 Å². The number of phenols is 2. The monoisotopic (exact) mass is 268 g/mol. The lowest BCUT2D eigenvalue weighted by Crippen LogP contribution is -2.13. The number of phenolic OH excluding ortho intramolecular Hbond substituents is 2. The van der Waals surface area contributed by atoms with E-state index in [0.29, 0.717) is 11.0 Å². The molecule has 0 atom stereocenters. The molecule has 2 aromatic rings. The molecule has 1 aromatic carbocycles. The van der Waals surface area contributed by atoms with Crippen LogP contribution in [0.5, 0.6) is 11.5 Å². The minimum atomic E-state index is 0.193. The summed E-state index contributed by atoms with van der Waals surface area (Å²) >= 11 is 0. The summed E-state index contributed by atoms with van der Waals surface area (Å²) in [7, 11) is 0. The van der Waals surface area contributed by atoms with Crippen molar-refractivity contribution in [3.63, 3.8) is 0 Å². The summed E-state index contributed by atoms with van der Waals surface area (Å²) in [5, 5.41) is 20.9. The molecule has 4 rings (SSSR count). The van der Waals surface area contributed by atoms with Crippen LogP contribution in [0, 0.1) is 0 Å². The Hall–Kier alpha value is -2.10. The molecule has 0 bridgehead atoms. The van der Waals surface area contributed by atoms with E-state index in [2.05, 4.69) is 9.97 Å². The number of fused-ring (bicyclic) bond motifs is 2. The van der Waals surface area contributed by atoms with Gasteiger partial charge in [0, 0.05) is 23.5 Å². The van der Waals surface area contributed by atoms with Crippen molar-refractivity contribution in [2.24, 2.45) is 0 Å². The van der Waals surface area contributed by atoms with E-state index in [0.717, 1.165) is 36.8 Å². The van der Waals surface area contributed by atoms with Gasteiger partial charge in [0.1, 0.15) is 22.5 Å². The Morgan fingerprint density at radius 2 is 1.20 bits per heavy atom. The zero-order chi connectivity index (χ0) is 13.7. The third kappa shape index (κ3) is 1.54. The quantitative estimate of drug-likeness (QED) is 0.569. The summed E-state index contributed by atoms with van der Waals surface area (Å²) in [6.07, 6.45) is 9.28. The molecule has 0 aliphatic heterocycles. The first-order chi connectivity index (χ1) is 9.75. The van der Waals surface area contributed by atoms with Crippen LogP contribution in [0.4, 0.5) is 0 Å². The number of nitrogens with zero attached hydrogens (tertiary/aromatic N) is 2. The van der Waals surface area contributed by atoms with Crippen LogP contribution in [0.1, 0.15) is 36.8 Å². The van der Waals surface area contributed by atoms with Gasteiger partial charge in [0.05, 0.1) is 0 Å². The fraction of sp³-hybridized carbons (Fsp3) is 0.375. The molecule has 0 unspecified atom stereocenters. The molecule has 0 fully saturated rings. The molecule has 0 amide bonds. The van der Waals surface area contributed by atoms with Crippen molar-refractivity contribution in [2.75, 3.05) is 0 Å². The number of benzene rings is 1. The second kappa shape index (κ2) is 4.20. The van der Waals surface area contributed by atoms with Gasteiger partial charge in [-0.25, -0.2) is 9.97 Å². The maximum atomic E-state index is 10.5. The molecule has 102 valence electrons. The number of aromatic hydroxyl groups is 2. The number of hydrogen-bond acceptors (Lipinski definition) is 4. The van der Waals surface area contributed by atoms with Crippen LogP contribution < -0.4 is 0 Å². The molecule has 2 N–H and O–H groups in total. The van der Waals surface area contributed by atoms with E-state index >= 15 is 0 Å². The topological polar surface area (TPSA) is 66.2 Å². The van der Waals surface area contributed by atoms with Gasteiger partial charge in [-0.15, -0.1) is 0 Å². The van der Waals surface area contributed by atoms with Gasteiger partial charge in [0.25, 0.3) is 0 Å². The second-order valence-corrected chi connectivity index (χ2v) is 5.68. The lowest BCUT2D eigenvalue weighted by molar-refractivity contribution is 0.453. The predicted octanol–water partition coefficient (Wildman–Crippen LogP) is 3.01. The molecular weight excluding hydrogens is 252 g/mol. The standard InChI is InChI=1S/C16H16N2O2/c19-15-11-7-9-3-1-2-4-10(9)8-12(11)16(20)14-13(15)17-5-6-18-14/h5-6,19-20H,1-4,7-8H2.